The van der Waals surface area contributed by atoms with E-state index in [1.54, 1.807) is 9.80 Å². The van der Waals surface area contributed by atoms with Crippen LogP contribution >= 0.6 is 0 Å². The summed E-state index contributed by atoms with van der Waals surface area (Å²) in [5.41, 5.74) is -0.0945. The Hall–Kier alpha value is -2.84. The van der Waals surface area contributed by atoms with Crippen molar-refractivity contribution in [2.45, 2.75) is 37.8 Å². The highest BCUT2D eigenvalue weighted by atomic mass is 19.4. The van der Waals surface area contributed by atoms with Gasteiger partial charge in [0.05, 0.1) is 18.8 Å². The third kappa shape index (κ3) is 3.83. The van der Waals surface area contributed by atoms with E-state index in [2.05, 4.69) is 15.1 Å². The lowest BCUT2D eigenvalue weighted by Gasteiger charge is -2.63. The second-order valence-electron chi connectivity index (χ2n) is 10.4. The van der Waals surface area contributed by atoms with Gasteiger partial charge in [0.15, 0.2) is 0 Å². The average molecular weight is 505 g/mol. The van der Waals surface area contributed by atoms with Gasteiger partial charge in [0.1, 0.15) is 12.1 Å². The molecule has 6 rings (SSSR count). The fourth-order valence-electron chi connectivity index (χ4n) is 5.91. The van der Waals surface area contributed by atoms with Crippen molar-refractivity contribution in [3.05, 3.63) is 30.0 Å². The Morgan fingerprint density at radius 2 is 1.57 bits per heavy atom. The minimum absolute atomic E-state index is 0.0318. The summed E-state index contributed by atoms with van der Waals surface area (Å²) in [6, 6.07) is -0.186. The SMILES string of the molecule is O=C(N1CC2(CC(n3cnc(C(F)(F)F)n3)C2)C1)N1CC2(CN(Cc3cnc(C(F)(F)F)o3)C2)C1. The van der Waals surface area contributed by atoms with Gasteiger partial charge in [0, 0.05) is 50.1 Å². The molecule has 3 saturated heterocycles. The maximum absolute atomic E-state index is 12.8. The number of carbonyl (C=O) groups excluding carboxylic acids is 1. The maximum Gasteiger partial charge on any atom is 0.468 e. The van der Waals surface area contributed by atoms with Crippen LogP contribution in [0.15, 0.2) is 16.9 Å². The zero-order valence-corrected chi connectivity index (χ0v) is 18.3. The summed E-state index contributed by atoms with van der Waals surface area (Å²) in [6.07, 6.45) is -5.65. The summed E-state index contributed by atoms with van der Waals surface area (Å²) in [7, 11) is 0. The number of carbonyl (C=O) groups is 1. The van der Waals surface area contributed by atoms with Gasteiger partial charge < -0.3 is 14.2 Å². The fourth-order valence-corrected chi connectivity index (χ4v) is 5.91. The topological polar surface area (TPSA) is 83.5 Å². The van der Waals surface area contributed by atoms with Crippen LogP contribution in [0.5, 0.6) is 0 Å². The minimum atomic E-state index is -4.61. The van der Waals surface area contributed by atoms with E-state index in [4.69, 9.17) is 4.42 Å². The largest absolute Gasteiger partial charge is 0.468 e. The molecule has 190 valence electrons. The van der Waals surface area contributed by atoms with Crippen molar-refractivity contribution in [3.63, 3.8) is 0 Å². The third-order valence-electron chi connectivity index (χ3n) is 7.41. The zero-order valence-electron chi connectivity index (χ0n) is 18.3. The Bertz CT molecular complexity index is 1130. The van der Waals surface area contributed by atoms with Crippen molar-refractivity contribution in [1.82, 2.24) is 34.4 Å². The number of nitrogens with zero attached hydrogens (tertiary/aromatic N) is 7. The number of urea groups is 1. The highest BCUT2D eigenvalue weighted by Gasteiger charge is 2.58. The normalized spacial score (nSPS) is 23.7. The lowest BCUT2D eigenvalue weighted by molar-refractivity contribution is -0.158. The molecule has 15 heteroatoms. The van der Waals surface area contributed by atoms with Crippen LogP contribution in [0.1, 0.15) is 36.4 Å². The van der Waals surface area contributed by atoms with Crippen LogP contribution in [0.25, 0.3) is 0 Å². The van der Waals surface area contributed by atoms with Crippen molar-refractivity contribution < 1.29 is 35.6 Å². The average Bonchev–Trinajstić information content (AvgIpc) is 3.29. The van der Waals surface area contributed by atoms with Gasteiger partial charge in [-0.2, -0.15) is 26.3 Å². The number of oxazole rings is 1. The molecule has 0 atom stereocenters. The highest BCUT2D eigenvalue weighted by Crippen LogP contribution is 2.54. The quantitative estimate of drug-likeness (QED) is 0.597. The zero-order chi connectivity index (χ0) is 24.8. The van der Waals surface area contributed by atoms with E-state index in [9.17, 15) is 31.1 Å². The molecule has 2 aromatic heterocycles. The molecule has 9 nitrogen and oxygen atoms in total. The van der Waals surface area contributed by atoms with Gasteiger partial charge in [-0.25, -0.2) is 19.4 Å². The summed E-state index contributed by atoms with van der Waals surface area (Å²) < 4.78 is 81.9. The van der Waals surface area contributed by atoms with Crippen molar-refractivity contribution in [2.24, 2.45) is 10.8 Å². The molecule has 2 spiro atoms. The second kappa shape index (κ2) is 7.11. The van der Waals surface area contributed by atoms with Crippen LogP contribution in [0.4, 0.5) is 31.1 Å². The Labute approximate surface area is 194 Å². The Morgan fingerprint density at radius 1 is 0.943 bits per heavy atom. The number of hydrogen-bond acceptors (Lipinski definition) is 6. The van der Waals surface area contributed by atoms with E-state index in [0.717, 1.165) is 12.5 Å². The first kappa shape index (κ1) is 22.6. The maximum atomic E-state index is 12.8. The summed E-state index contributed by atoms with van der Waals surface area (Å²) >= 11 is 0. The van der Waals surface area contributed by atoms with Gasteiger partial charge in [-0.15, -0.1) is 5.10 Å². The summed E-state index contributed by atoms with van der Waals surface area (Å²) in [5, 5.41) is 3.54. The molecule has 4 aliphatic rings. The van der Waals surface area contributed by atoms with Crippen LogP contribution in [0, 0.1) is 10.8 Å². The second-order valence-corrected chi connectivity index (χ2v) is 10.4. The molecule has 1 saturated carbocycles. The molecule has 0 radical (unpaired) electrons. The number of likely N-dealkylation sites (tertiary alicyclic amines) is 3. The number of halogens is 6. The monoisotopic (exact) mass is 505 g/mol. The Balaban J connectivity index is 0.926. The predicted octanol–water partition coefficient (Wildman–Crippen LogP) is 2.88. The highest BCUT2D eigenvalue weighted by molar-refractivity contribution is 5.77. The van der Waals surface area contributed by atoms with Crippen molar-refractivity contribution >= 4 is 6.03 Å². The summed E-state index contributed by atoms with van der Waals surface area (Å²) in [6.45, 7) is 3.92. The summed E-state index contributed by atoms with van der Waals surface area (Å²) in [4.78, 5) is 24.8. The first-order chi connectivity index (χ1) is 16.3. The van der Waals surface area contributed by atoms with E-state index in [1.165, 1.54) is 4.68 Å². The molecule has 1 aliphatic carbocycles. The number of aromatic nitrogens is 4. The first-order valence-corrected chi connectivity index (χ1v) is 11.1. The van der Waals surface area contributed by atoms with Gasteiger partial charge >= 0.3 is 24.3 Å². The van der Waals surface area contributed by atoms with Gasteiger partial charge in [0.25, 0.3) is 5.82 Å². The van der Waals surface area contributed by atoms with Crippen LogP contribution in [-0.2, 0) is 18.9 Å². The molecular formula is C20H21F6N7O2. The van der Waals surface area contributed by atoms with Gasteiger partial charge in [-0.05, 0) is 12.8 Å². The molecule has 0 N–H and O–H groups in total. The molecule has 5 heterocycles. The minimum Gasteiger partial charge on any atom is -0.437 e. The van der Waals surface area contributed by atoms with E-state index in [0.29, 0.717) is 52.1 Å². The summed E-state index contributed by atoms with van der Waals surface area (Å²) in [5.74, 6) is -2.23. The van der Waals surface area contributed by atoms with Crippen molar-refractivity contribution in [1.29, 1.82) is 0 Å². The molecule has 0 aromatic carbocycles. The first-order valence-electron chi connectivity index (χ1n) is 11.1. The molecule has 2 amide bonds. The fraction of sp³-hybridized carbons (Fsp3) is 0.700. The van der Waals surface area contributed by atoms with Crippen molar-refractivity contribution in [2.75, 3.05) is 39.3 Å². The number of hydrogen-bond donors (Lipinski definition) is 0. The van der Waals surface area contributed by atoms with E-state index in [1.807, 2.05) is 4.90 Å². The molecular weight excluding hydrogens is 484 g/mol. The van der Waals surface area contributed by atoms with E-state index in [-0.39, 0.29) is 35.2 Å². The lowest BCUT2D eigenvalue weighted by atomic mass is 9.60. The van der Waals surface area contributed by atoms with Crippen LogP contribution in [0.2, 0.25) is 0 Å². The van der Waals surface area contributed by atoms with Gasteiger partial charge in [-0.1, -0.05) is 0 Å². The third-order valence-corrected chi connectivity index (χ3v) is 7.41. The predicted molar refractivity (Wildman–Crippen MR) is 103 cm³/mol. The lowest BCUT2D eigenvalue weighted by Crippen LogP contribution is -2.75. The van der Waals surface area contributed by atoms with Crippen molar-refractivity contribution in [3.8, 4) is 0 Å². The number of amides is 2. The van der Waals surface area contributed by atoms with Crippen LogP contribution in [-0.4, -0.2) is 79.7 Å². The Morgan fingerprint density at radius 3 is 2.11 bits per heavy atom. The molecule has 35 heavy (non-hydrogen) atoms. The van der Waals surface area contributed by atoms with E-state index < -0.39 is 24.1 Å². The molecule has 3 aliphatic heterocycles. The molecule has 2 aromatic rings. The molecule has 4 fully saturated rings. The van der Waals surface area contributed by atoms with E-state index >= 15 is 0 Å². The van der Waals surface area contributed by atoms with Gasteiger partial charge in [-0.3, -0.25) is 4.90 Å². The smallest absolute Gasteiger partial charge is 0.437 e. The van der Waals surface area contributed by atoms with Gasteiger partial charge in [0.2, 0.25) is 0 Å². The molecule has 0 unspecified atom stereocenters. The standard InChI is InChI=1S/C20H21F6N7O2/c21-19(22,23)14-28-11-33(29-14)12-1-17(2-12)7-31(8-17)16(34)32-9-18(10-32)5-30(6-18)4-13-3-27-15(35-13)20(24,25)26/h3,11-12H,1-2,4-10H2. The Kier molecular flexibility index (Phi) is 4.59. The van der Waals surface area contributed by atoms with Crippen LogP contribution in [0.3, 0.4) is 0 Å². The molecule has 0 bridgehead atoms. The number of alkyl halides is 6. The number of rotatable bonds is 3. The van der Waals surface area contributed by atoms with Crippen LogP contribution < -0.4 is 0 Å².